The van der Waals surface area contributed by atoms with Gasteiger partial charge in [0, 0.05) is 11.1 Å². The molecule has 2 rings (SSSR count). The van der Waals surface area contributed by atoms with Gasteiger partial charge in [0.25, 0.3) is 5.91 Å². The zero-order chi connectivity index (χ0) is 19.5. The van der Waals surface area contributed by atoms with E-state index in [1.54, 1.807) is 0 Å². The lowest BCUT2D eigenvalue weighted by molar-refractivity contribution is -0.215. The first kappa shape index (κ1) is 20.1. The Hall–Kier alpha value is -2.23. The molecule has 10 heteroatoms. The van der Waals surface area contributed by atoms with Gasteiger partial charge in [-0.1, -0.05) is 20.8 Å². The van der Waals surface area contributed by atoms with Gasteiger partial charge in [0.1, 0.15) is 24.1 Å². The third-order valence-electron chi connectivity index (χ3n) is 4.23. The standard InChI is InChI=1S/C16H23N5O5/c1-16(2,3)14-11(13(24)12(23)9(7-22)26-14)19-15(25)8-4-5-10(18-6-8)20-21-17/h4-6,9,11-14,22-24H,7H2,1-3H3,(H,19,25)/t9?,11?,12-,13+,14-/m0/s1. The molecule has 142 valence electrons. The first-order chi connectivity index (χ1) is 12.2. The minimum Gasteiger partial charge on any atom is -0.394 e. The SMILES string of the molecule is CC(C)(C)[C@H]1OC(CO)[C@H](O)[C@H](O)C1NC(=O)c1ccc(N=[N+]=[N-])nc1. The van der Waals surface area contributed by atoms with Crippen LogP contribution in [0.5, 0.6) is 0 Å². The van der Waals surface area contributed by atoms with E-state index in [4.69, 9.17) is 10.3 Å². The first-order valence-electron chi connectivity index (χ1n) is 8.13. The third kappa shape index (κ3) is 4.29. The zero-order valence-corrected chi connectivity index (χ0v) is 14.8. The lowest BCUT2D eigenvalue weighted by Crippen LogP contribution is -2.66. The summed E-state index contributed by atoms with van der Waals surface area (Å²) in [7, 11) is 0. The number of azide groups is 1. The van der Waals surface area contributed by atoms with E-state index in [9.17, 15) is 20.1 Å². The largest absolute Gasteiger partial charge is 0.394 e. The molecular formula is C16H23N5O5. The van der Waals surface area contributed by atoms with Gasteiger partial charge in [-0.2, -0.15) is 0 Å². The van der Waals surface area contributed by atoms with E-state index in [1.807, 2.05) is 20.8 Å². The number of amides is 1. The Balaban J connectivity index is 2.22. The van der Waals surface area contributed by atoms with Crippen LogP contribution in [-0.4, -0.2) is 63.3 Å². The van der Waals surface area contributed by atoms with Gasteiger partial charge in [-0.3, -0.25) is 9.78 Å². The molecule has 1 fully saturated rings. The number of aliphatic hydroxyl groups is 3. The van der Waals surface area contributed by atoms with Crippen molar-refractivity contribution in [3.63, 3.8) is 0 Å². The fraction of sp³-hybridized carbons (Fsp3) is 0.625. The molecule has 0 saturated carbocycles. The van der Waals surface area contributed by atoms with Crippen molar-refractivity contribution in [2.75, 3.05) is 6.61 Å². The lowest BCUT2D eigenvalue weighted by atomic mass is 9.78. The maximum Gasteiger partial charge on any atom is 0.253 e. The second-order valence-electron chi connectivity index (χ2n) is 7.22. The Kier molecular flexibility index (Phi) is 6.17. The molecule has 1 aromatic rings. The molecule has 0 spiro atoms. The molecule has 0 aromatic carbocycles. The van der Waals surface area contributed by atoms with Gasteiger partial charge in [-0.25, -0.2) is 0 Å². The predicted octanol–water partition coefficient (Wildman–Crippen LogP) is 0.649. The number of rotatable bonds is 4. The highest BCUT2D eigenvalue weighted by molar-refractivity contribution is 5.94. The molecule has 2 heterocycles. The van der Waals surface area contributed by atoms with Crippen LogP contribution in [0.15, 0.2) is 23.4 Å². The van der Waals surface area contributed by atoms with Crippen molar-refractivity contribution in [2.24, 2.45) is 10.5 Å². The number of ether oxygens (including phenoxy) is 1. The summed E-state index contributed by atoms with van der Waals surface area (Å²) in [5.41, 5.74) is 8.09. The second-order valence-corrected chi connectivity index (χ2v) is 7.22. The van der Waals surface area contributed by atoms with E-state index in [-0.39, 0.29) is 11.4 Å². The molecule has 1 aliphatic heterocycles. The van der Waals surface area contributed by atoms with Gasteiger partial charge in [0.2, 0.25) is 0 Å². The van der Waals surface area contributed by atoms with Crippen molar-refractivity contribution in [3.05, 3.63) is 34.3 Å². The molecule has 5 atom stereocenters. The summed E-state index contributed by atoms with van der Waals surface area (Å²) in [5, 5.41) is 35.9. The van der Waals surface area contributed by atoms with E-state index < -0.39 is 48.4 Å². The Morgan fingerprint density at radius 2 is 2.08 bits per heavy atom. The average Bonchev–Trinajstić information content (AvgIpc) is 2.59. The number of carbonyl (C=O) groups excluding carboxylic acids is 1. The summed E-state index contributed by atoms with van der Waals surface area (Å²) in [6, 6.07) is 1.93. The van der Waals surface area contributed by atoms with Crippen LogP contribution >= 0.6 is 0 Å². The summed E-state index contributed by atoms with van der Waals surface area (Å²) < 4.78 is 5.74. The highest BCUT2D eigenvalue weighted by Crippen LogP contribution is 2.33. The average molecular weight is 365 g/mol. The number of carbonyl (C=O) groups is 1. The Morgan fingerprint density at radius 3 is 2.58 bits per heavy atom. The van der Waals surface area contributed by atoms with E-state index >= 15 is 0 Å². The normalized spacial score (nSPS) is 28.9. The van der Waals surface area contributed by atoms with Crippen molar-refractivity contribution in [2.45, 2.75) is 51.2 Å². The van der Waals surface area contributed by atoms with E-state index in [1.165, 1.54) is 18.3 Å². The van der Waals surface area contributed by atoms with Crippen LogP contribution in [0.2, 0.25) is 0 Å². The molecule has 0 radical (unpaired) electrons. The summed E-state index contributed by atoms with van der Waals surface area (Å²) >= 11 is 0. The van der Waals surface area contributed by atoms with Crippen LogP contribution in [-0.2, 0) is 4.74 Å². The molecule has 1 aromatic heterocycles. The first-order valence-corrected chi connectivity index (χ1v) is 8.13. The maximum absolute atomic E-state index is 12.5. The molecular weight excluding hydrogens is 342 g/mol. The van der Waals surface area contributed by atoms with E-state index in [0.29, 0.717) is 0 Å². The Labute approximate surface area is 150 Å². The minimum atomic E-state index is -1.34. The molecule has 2 unspecified atom stereocenters. The van der Waals surface area contributed by atoms with Crippen LogP contribution < -0.4 is 5.32 Å². The van der Waals surface area contributed by atoms with Crippen molar-refractivity contribution < 1.29 is 24.9 Å². The minimum absolute atomic E-state index is 0.124. The molecule has 4 N–H and O–H groups in total. The molecule has 1 aliphatic rings. The number of nitrogens with zero attached hydrogens (tertiary/aromatic N) is 4. The molecule has 10 nitrogen and oxygen atoms in total. The van der Waals surface area contributed by atoms with Gasteiger partial charge < -0.3 is 25.4 Å². The van der Waals surface area contributed by atoms with Crippen LogP contribution in [0.4, 0.5) is 5.82 Å². The number of aromatic nitrogens is 1. The highest BCUT2D eigenvalue weighted by atomic mass is 16.5. The third-order valence-corrected chi connectivity index (χ3v) is 4.23. The fourth-order valence-electron chi connectivity index (χ4n) is 2.88. The van der Waals surface area contributed by atoms with E-state index in [2.05, 4.69) is 20.3 Å². The second kappa shape index (κ2) is 7.98. The quantitative estimate of drug-likeness (QED) is 0.348. The van der Waals surface area contributed by atoms with Crippen LogP contribution in [0.1, 0.15) is 31.1 Å². The summed E-state index contributed by atoms with van der Waals surface area (Å²) in [4.78, 5) is 19.0. The number of hydrogen-bond acceptors (Lipinski definition) is 7. The summed E-state index contributed by atoms with van der Waals surface area (Å²) in [6.07, 6.45) is -2.99. The number of hydrogen-bond donors (Lipinski definition) is 4. The molecule has 26 heavy (non-hydrogen) atoms. The Bertz CT molecular complexity index is 683. The van der Waals surface area contributed by atoms with Crippen molar-refractivity contribution >= 4 is 11.7 Å². The van der Waals surface area contributed by atoms with Gasteiger partial charge in [0.05, 0.1) is 24.3 Å². The summed E-state index contributed by atoms with van der Waals surface area (Å²) in [6.45, 7) is 5.15. The monoisotopic (exact) mass is 365 g/mol. The summed E-state index contributed by atoms with van der Waals surface area (Å²) in [5.74, 6) is -0.402. The fourth-order valence-corrected chi connectivity index (χ4v) is 2.88. The zero-order valence-electron chi connectivity index (χ0n) is 14.8. The van der Waals surface area contributed by atoms with Gasteiger partial charge in [-0.05, 0) is 28.2 Å². The Morgan fingerprint density at radius 1 is 1.38 bits per heavy atom. The number of aliphatic hydroxyl groups excluding tert-OH is 3. The molecule has 1 amide bonds. The molecule has 1 saturated heterocycles. The van der Waals surface area contributed by atoms with Gasteiger partial charge in [-0.15, -0.1) is 0 Å². The number of pyridine rings is 1. The van der Waals surface area contributed by atoms with Crippen LogP contribution in [0.25, 0.3) is 10.4 Å². The topological polar surface area (TPSA) is 161 Å². The van der Waals surface area contributed by atoms with Crippen molar-refractivity contribution in [3.8, 4) is 0 Å². The molecule has 0 aliphatic carbocycles. The number of nitrogens with one attached hydrogen (secondary N) is 1. The van der Waals surface area contributed by atoms with E-state index in [0.717, 1.165) is 0 Å². The predicted molar refractivity (Wildman–Crippen MR) is 91.5 cm³/mol. The van der Waals surface area contributed by atoms with Gasteiger partial charge in [0.15, 0.2) is 0 Å². The van der Waals surface area contributed by atoms with Gasteiger partial charge >= 0.3 is 0 Å². The van der Waals surface area contributed by atoms with Crippen LogP contribution in [0, 0.1) is 5.41 Å². The highest BCUT2D eigenvalue weighted by Gasteiger charge is 2.48. The van der Waals surface area contributed by atoms with Crippen molar-refractivity contribution in [1.82, 2.24) is 10.3 Å². The maximum atomic E-state index is 12.5. The smallest absolute Gasteiger partial charge is 0.253 e. The van der Waals surface area contributed by atoms with Crippen molar-refractivity contribution in [1.29, 1.82) is 0 Å². The van der Waals surface area contributed by atoms with Crippen LogP contribution in [0.3, 0.4) is 0 Å². The lowest BCUT2D eigenvalue weighted by Gasteiger charge is -2.47. The molecule has 0 bridgehead atoms.